The Hall–Kier alpha value is -4.66. The van der Waals surface area contributed by atoms with Crippen molar-refractivity contribution >= 4 is 47.5 Å². The zero-order valence-corrected chi connectivity index (χ0v) is 28.5. The molecule has 0 saturated heterocycles. The molecule has 0 bridgehead atoms. The van der Waals surface area contributed by atoms with Crippen LogP contribution in [-0.2, 0) is 46.3 Å². The number of hydrogen-bond acceptors (Lipinski definition) is 9. The van der Waals surface area contributed by atoms with Crippen molar-refractivity contribution in [2.45, 2.75) is 63.8 Å². The minimum absolute atomic E-state index is 0.0195. The molecule has 15 heteroatoms. The maximum absolute atomic E-state index is 13.4. The third-order valence-electron chi connectivity index (χ3n) is 6.58. The average molecular weight is 690 g/mol. The molecule has 13 nitrogen and oxygen atoms in total. The Morgan fingerprint density at radius 3 is 1.92 bits per heavy atom. The van der Waals surface area contributed by atoms with Crippen molar-refractivity contribution in [1.82, 2.24) is 26.6 Å². The number of halogens is 1. The van der Waals surface area contributed by atoms with E-state index in [1.54, 1.807) is 51.1 Å². The van der Waals surface area contributed by atoms with E-state index in [2.05, 4.69) is 26.6 Å². The summed E-state index contributed by atoms with van der Waals surface area (Å²) in [5, 5.41) is 12.5. The number of carbonyl (C=O) groups excluding carboxylic acids is 6. The van der Waals surface area contributed by atoms with Gasteiger partial charge in [0.1, 0.15) is 29.5 Å². The molecular weight excluding hydrogens is 645 g/mol. The standard InChI is InChI=1S/C33H44FN5O8S/c1-33(2,3)47-32(45)39-25(18-22-11-13-23(34)14-12-22)29(42)36-19-27(40)35-20-28(41)37-26(17-21-9-7-6-8-10-21)30(43)38-24(15-16-48-5)31(44)46-4/h6-14,24-26H,15-20H2,1-5H3,(H,35,40)(H,36,42)(H,37,41)(H,38,43)(H,39,45)/t24?,25-,26-/m1/s1. The molecule has 0 aliphatic heterocycles. The van der Waals surface area contributed by atoms with Crippen LogP contribution in [0, 0.1) is 5.82 Å². The number of alkyl carbamates (subject to hydrolysis) is 1. The van der Waals surface area contributed by atoms with Crippen molar-refractivity contribution in [3.8, 4) is 0 Å². The summed E-state index contributed by atoms with van der Waals surface area (Å²) < 4.78 is 23.4. The molecule has 0 heterocycles. The lowest BCUT2D eigenvalue weighted by molar-refractivity contribution is -0.145. The Kier molecular flexibility index (Phi) is 16.4. The fourth-order valence-corrected chi connectivity index (χ4v) is 4.72. The zero-order valence-electron chi connectivity index (χ0n) is 27.7. The van der Waals surface area contributed by atoms with Gasteiger partial charge in [0.25, 0.3) is 0 Å². The highest BCUT2D eigenvalue weighted by molar-refractivity contribution is 7.98. The largest absolute Gasteiger partial charge is 0.467 e. The lowest BCUT2D eigenvalue weighted by Crippen LogP contribution is -2.54. The predicted octanol–water partition coefficient (Wildman–Crippen LogP) is 1.63. The van der Waals surface area contributed by atoms with E-state index in [9.17, 15) is 33.2 Å². The summed E-state index contributed by atoms with van der Waals surface area (Å²) in [5.74, 6) is -3.23. The van der Waals surface area contributed by atoms with Crippen LogP contribution in [0.3, 0.4) is 0 Å². The van der Waals surface area contributed by atoms with Gasteiger partial charge in [0, 0.05) is 12.8 Å². The number of rotatable bonds is 17. The normalized spacial score (nSPS) is 12.8. The molecule has 0 aliphatic carbocycles. The number of methoxy groups -OCH3 is 1. The van der Waals surface area contributed by atoms with E-state index in [-0.39, 0.29) is 12.8 Å². The molecule has 0 spiro atoms. The van der Waals surface area contributed by atoms with Crippen molar-refractivity contribution in [1.29, 1.82) is 0 Å². The number of hydrogen-bond donors (Lipinski definition) is 5. The fraction of sp³-hybridized carbons (Fsp3) is 0.455. The Labute approximate surface area is 283 Å². The van der Waals surface area contributed by atoms with Crippen molar-refractivity contribution in [3.63, 3.8) is 0 Å². The zero-order chi connectivity index (χ0) is 35.7. The van der Waals surface area contributed by atoms with Gasteiger partial charge >= 0.3 is 12.1 Å². The second-order valence-electron chi connectivity index (χ2n) is 11.7. The first-order valence-corrected chi connectivity index (χ1v) is 16.6. The predicted molar refractivity (Wildman–Crippen MR) is 178 cm³/mol. The molecule has 5 amide bonds. The number of ether oxygens (including phenoxy) is 2. The number of esters is 1. The van der Waals surface area contributed by atoms with Crippen LogP contribution in [0.5, 0.6) is 0 Å². The van der Waals surface area contributed by atoms with Gasteiger partial charge in [-0.05, 0) is 62.5 Å². The van der Waals surface area contributed by atoms with Gasteiger partial charge in [0.05, 0.1) is 20.2 Å². The van der Waals surface area contributed by atoms with Crippen LogP contribution in [0.1, 0.15) is 38.3 Å². The van der Waals surface area contributed by atoms with Crippen LogP contribution in [0.25, 0.3) is 0 Å². The topological polar surface area (TPSA) is 181 Å². The third kappa shape index (κ3) is 15.3. The second-order valence-corrected chi connectivity index (χ2v) is 12.7. The monoisotopic (exact) mass is 689 g/mol. The maximum atomic E-state index is 13.4. The van der Waals surface area contributed by atoms with Gasteiger partial charge < -0.3 is 36.1 Å². The van der Waals surface area contributed by atoms with Crippen LogP contribution in [0.2, 0.25) is 0 Å². The van der Waals surface area contributed by atoms with Crippen LogP contribution in [-0.4, -0.2) is 91.6 Å². The molecule has 0 aliphatic rings. The summed E-state index contributed by atoms with van der Waals surface area (Å²) >= 11 is 1.50. The van der Waals surface area contributed by atoms with Crippen molar-refractivity contribution < 1.29 is 42.6 Å². The summed E-state index contributed by atoms with van der Waals surface area (Å²) in [5.41, 5.74) is 0.461. The Balaban J connectivity index is 2.01. The number of benzene rings is 2. The number of amides is 5. The van der Waals surface area contributed by atoms with E-state index in [4.69, 9.17) is 9.47 Å². The van der Waals surface area contributed by atoms with Gasteiger partial charge in [-0.3, -0.25) is 19.2 Å². The highest BCUT2D eigenvalue weighted by Gasteiger charge is 2.28. The van der Waals surface area contributed by atoms with Gasteiger partial charge in [0.2, 0.25) is 23.6 Å². The number of nitrogens with one attached hydrogen (secondary N) is 5. The van der Waals surface area contributed by atoms with Crippen molar-refractivity contribution in [2.75, 3.05) is 32.2 Å². The number of carbonyl (C=O) groups is 6. The van der Waals surface area contributed by atoms with E-state index in [1.807, 2.05) is 6.26 Å². The molecule has 0 radical (unpaired) electrons. The quantitative estimate of drug-likeness (QED) is 0.154. The third-order valence-corrected chi connectivity index (χ3v) is 7.22. The van der Waals surface area contributed by atoms with Gasteiger partial charge in [-0.2, -0.15) is 11.8 Å². The first-order valence-electron chi connectivity index (χ1n) is 15.2. The molecule has 2 rings (SSSR count). The second kappa shape index (κ2) is 19.9. The molecule has 262 valence electrons. The Bertz CT molecular complexity index is 1390. The lowest BCUT2D eigenvalue weighted by atomic mass is 10.0. The van der Waals surface area contributed by atoms with E-state index in [0.29, 0.717) is 17.7 Å². The van der Waals surface area contributed by atoms with Crippen LogP contribution < -0.4 is 26.6 Å². The maximum Gasteiger partial charge on any atom is 0.408 e. The fourth-order valence-electron chi connectivity index (χ4n) is 4.25. The highest BCUT2D eigenvalue weighted by Crippen LogP contribution is 2.10. The molecule has 5 N–H and O–H groups in total. The lowest BCUT2D eigenvalue weighted by Gasteiger charge is -2.23. The summed E-state index contributed by atoms with van der Waals surface area (Å²) in [7, 11) is 1.22. The molecular formula is C33H44FN5O8S. The van der Waals surface area contributed by atoms with Gasteiger partial charge in [-0.15, -0.1) is 0 Å². The van der Waals surface area contributed by atoms with Crippen molar-refractivity contribution in [2.24, 2.45) is 0 Å². The molecule has 3 atom stereocenters. The molecule has 1 unspecified atom stereocenters. The minimum atomic E-state index is -1.16. The summed E-state index contributed by atoms with van der Waals surface area (Å²) in [6.45, 7) is 3.92. The van der Waals surface area contributed by atoms with E-state index in [0.717, 1.165) is 5.56 Å². The molecule has 48 heavy (non-hydrogen) atoms. The Morgan fingerprint density at radius 1 is 0.750 bits per heavy atom. The van der Waals surface area contributed by atoms with E-state index >= 15 is 0 Å². The highest BCUT2D eigenvalue weighted by atomic mass is 32.2. The summed E-state index contributed by atoms with van der Waals surface area (Å²) in [4.78, 5) is 76.2. The van der Waals surface area contributed by atoms with Crippen LogP contribution in [0.4, 0.5) is 9.18 Å². The summed E-state index contributed by atoms with van der Waals surface area (Å²) in [6, 6.07) is 11.1. The van der Waals surface area contributed by atoms with Gasteiger partial charge in [-0.25, -0.2) is 14.0 Å². The molecule has 2 aromatic rings. The first-order chi connectivity index (χ1) is 22.7. The molecule has 0 fully saturated rings. The van der Waals surface area contributed by atoms with Gasteiger partial charge in [0.15, 0.2) is 0 Å². The number of thioether (sulfide) groups is 1. The van der Waals surface area contributed by atoms with Crippen LogP contribution >= 0.6 is 11.8 Å². The minimum Gasteiger partial charge on any atom is -0.467 e. The molecule has 0 saturated carbocycles. The molecule has 0 aromatic heterocycles. The van der Waals surface area contributed by atoms with Gasteiger partial charge in [-0.1, -0.05) is 42.5 Å². The average Bonchev–Trinajstić information content (AvgIpc) is 3.04. The summed E-state index contributed by atoms with van der Waals surface area (Å²) in [6.07, 6.45) is 1.42. The SMILES string of the molecule is COC(=O)C(CCSC)NC(=O)[C@@H](Cc1ccccc1)NC(=O)CNC(=O)CNC(=O)[C@@H](Cc1ccc(F)cc1)NC(=O)OC(C)(C)C. The smallest absolute Gasteiger partial charge is 0.408 e. The molecule has 2 aromatic carbocycles. The van der Waals surface area contributed by atoms with Crippen LogP contribution in [0.15, 0.2) is 54.6 Å². The first kappa shape index (κ1) is 39.5. The van der Waals surface area contributed by atoms with E-state index < -0.39 is 78.3 Å². The van der Waals surface area contributed by atoms with Crippen molar-refractivity contribution in [3.05, 3.63) is 71.5 Å². The van der Waals surface area contributed by atoms with E-state index in [1.165, 1.54) is 43.1 Å². The Morgan fingerprint density at radius 2 is 1.33 bits per heavy atom.